The van der Waals surface area contributed by atoms with Crippen molar-refractivity contribution in [2.45, 2.75) is 33.6 Å². The van der Waals surface area contributed by atoms with Crippen molar-refractivity contribution >= 4 is 5.96 Å². The Morgan fingerprint density at radius 3 is 2.47 bits per heavy atom. The summed E-state index contributed by atoms with van der Waals surface area (Å²) < 4.78 is 0. The Kier molecular flexibility index (Phi) is 9.27. The van der Waals surface area contributed by atoms with Crippen LogP contribution in [-0.2, 0) is 0 Å². The molecule has 0 radical (unpaired) electrons. The number of nitrogens with zero attached hydrogens (tertiary/aromatic N) is 2. The molecular weight excluding hydrogens is 188 g/mol. The lowest BCUT2D eigenvalue weighted by molar-refractivity contribution is 0.308. The minimum atomic E-state index is 0.579. The predicted octanol–water partition coefficient (Wildman–Crippen LogP) is 1.03. The van der Waals surface area contributed by atoms with Crippen LogP contribution in [0.1, 0.15) is 33.6 Å². The van der Waals surface area contributed by atoms with E-state index in [1.54, 1.807) is 0 Å². The number of likely N-dealkylation sites (N-methyl/N-ethyl adjacent to an activating group) is 1. The smallest absolute Gasteiger partial charge is 0.188 e. The van der Waals surface area contributed by atoms with Gasteiger partial charge in [-0.05, 0) is 19.5 Å². The molecule has 0 aliphatic rings. The van der Waals surface area contributed by atoms with E-state index in [1.165, 1.54) is 0 Å². The van der Waals surface area contributed by atoms with Gasteiger partial charge in [0.2, 0.25) is 0 Å². The van der Waals surface area contributed by atoms with Gasteiger partial charge >= 0.3 is 0 Å². The third kappa shape index (κ3) is 8.24. The van der Waals surface area contributed by atoms with E-state index in [2.05, 4.69) is 36.0 Å². The van der Waals surface area contributed by atoms with Crippen molar-refractivity contribution < 1.29 is 0 Å². The van der Waals surface area contributed by atoms with E-state index in [4.69, 9.17) is 5.73 Å². The fourth-order valence-corrected chi connectivity index (χ4v) is 1.30. The lowest BCUT2D eigenvalue weighted by Crippen LogP contribution is -2.38. The molecule has 0 aromatic rings. The van der Waals surface area contributed by atoms with E-state index in [-0.39, 0.29) is 0 Å². The van der Waals surface area contributed by atoms with Crippen LogP contribution in [0.5, 0.6) is 0 Å². The van der Waals surface area contributed by atoms with E-state index in [0.29, 0.717) is 5.96 Å². The second-order valence-electron chi connectivity index (χ2n) is 3.57. The quantitative estimate of drug-likeness (QED) is 0.360. The first-order valence-corrected chi connectivity index (χ1v) is 6.00. The summed E-state index contributed by atoms with van der Waals surface area (Å²) >= 11 is 0. The van der Waals surface area contributed by atoms with Gasteiger partial charge in [0.1, 0.15) is 0 Å². The Hall–Kier alpha value is -0.770. The molecule has 4 nitrogen and oxygen atoms in total. The summed E-state index contributed by atoms with van der Waals surface area (Å²) in [7, 11) is 0. The molecule has 3 N–H and O–H groups in total. The number of hydrogen-bond acceptors (Lipinski definition) is 2. The third-order valence-corrected chi connectivity index (χ3v) is 2.42. The highest BCUT2D eigenvalue weighted by Gasteiger charge is 1.97. The molecule has 0 aliphatic heterocycles. The van der Waals surface area contributed by atoms with Crippen LogP contribution in [-0.4, -0.2) is 43.6 Å². The van der Waals surface area contributed by atoms with Crippen molar-refractivity contribution in [3.8, 4) is 0 Å². The highest BCUT2D eigenvalue weighted by molar-refractivity contribution is 5.77. The Bertz CT molecular complexity index is 164. The van der Waals surface area contributed by atoms with Crippen LogP contribution in [0, 0.1) is 0 Å². The average Bonchev–Trinajstić information content (AvgIpc) is 2.25. The van der Waals surface area contributed by atoms with E-state index < -0.39 is 0 Å². The maximum absolute atomic E-state index is 5.70. The molecule has 0 aliphatic carbocycles. The van der Waals surface area contributed by atoms with Gasteiger partial charge in [-0.1, -0.05) is 27.2 Å². The van der Waals surface area contributed by atoms with Crippen LogP contribution in [0.25, 0.3) is 0 Å². The van der Waals surface area contributed by atoms with Crippen molar-refractivity contribution in [3.05, 3.63) is 0 Å². The lowest BCUT2D eigenvalue weighted by atomic mass is 10.3. The first-order valence-electron chi connectivity index (χ1n) is 6.00. The molecule has 0 heterocycles. The first kappa shape index (κ1) is 14.2. The number of nitrogens with two attached hydrogens (primary N) is 1. The van der Waals surface area contributed by atoms with Gasteiger partial charge in [0.15, 0.2) is 5.96 Å². The third-order valence-electron chi connectivity index (χ3n) is 2.42. The SMILES string of the molecule is CCCCN=C(N)NCCN(CC)CC. The minimum Gasteiger partial charge on any atom is -0.370 e. The van der Waals surface area contributed by atoms with E-state index in [1.807, 2.05) is 0 Å². The molecule has 15 heavy (non-hydrogen) atoms. The van der Waals surface area contributed by atoms with Gasteiger partial charge in [0.25, 0.3) is 0 Å². The Balaban J connectivity index is 3.52. The van der Waals surface area contributed by atoms with Crippen LogP contribution in [0.4, 0.5) is 0 Å². The highest BCUT2D eigenvalue weighted by atomic mass is 15.2. The summed E-state index contributed by atoms with van der Waals surface area (Å²) in [4.78, 5) is 6.58. The largest absolute Gasteiger partial charge is 0.370 e. The normalized spacial score (nSPS) is 12.1. The van der Waals surface area contributed by atoms with Crippen LogP contribution in [0.3, 0.4) is 0 Å². The van der Waals surface area contributed by atoms with Gasteiger partial charge in [-0.25, -0.2) is 0 Å². The van der Waals surface area contributed by atoms with Gasteiger partial charge in [-0.3, -0.25) is 4.99 Å². The summed E-state index contributed by atoms with van der Waals surface area (Å²) in [6, 6.07) is 0. The maximum Gasteiger partial charge on any atom is 0.188 e. The molecular formula is C11H26N4. The standard InChI is InChI=1S/C11H26N4/c1-4-7-8-13-11(12)14-9-10-15(5-2)6-3/h4-10H2,1-3H3,(H3,12,13,14). The van der Waals surface area contributed by atoms with Crippen LogP contribution in [0.2, 0.25) is 0 Å². The molecule has 0 unspecified atom stereocenters. The van der Waals surface area contributed by atoms with Gasteiger partial charge in [0, 0.05) is 19.6 Å². The number of aliphatic imine (C=N–C) groups is 1. The Morgan fingerprint density at radius 2 is 1.93 bits per heavy atom. The average molecular weight is 214 g/mol. The van der Waals surface area contributed by atoms with E-state index >= 15 is 0 Å². The van der Waals surface area contributed by atoms with E-state index in [9.17, 15) is 0 Å². The molecule has 0 aromatic heterocycles. The number of guanidine groups is 1. The molecule has 4 heteroatoms. The molecule has 0 bridgehead atoms. The van der Waals surface area contributed by atoms with Crippen molar-refractivity contribution in [2.24, 2.45) is 10.7 Å². The monoisotopic (exact) mass is 214 g/mol. The fraction of sp³-hybridized carbons (Fsp3) is 0.909. The second-order valence-corrected chi connectivity index (χ2v) is 3.57. The summed E-state index contributed by atoms with van der Waals surface area (Å²) in [5, 5.41) is 3.13. The number of hydrogen-bond donors (Lipinski definition) is 2. The summed E-state index contributed by atoms with van der Waals surface area (Å²) in [6.45, 7) is 11.4. The van der Waals surface area contributed by atoms with Gasteiger partial charge in [-0.2, -0.15) is 0 Å². The number of nitrogens with one attached hydrogen (secondary N) is 1. The van der Waals surface area contributed by atoms with Crippen LogP contribution < -0.4 is 11.1 Å². The van der Waals surface area contributed by atoms with Gasteiger partial charge in [-0.15, -0.1) is 0 Å². The van der Waals surface area contributed by atoms with Crippen molar-refractivity contribution in [2.75, 3.05) is 32.7 Å². The lowest BCUT2D eigenvalue weighted by Gasteiger charge is -2.18. The molecule has 0 amide bonds. The van der Waals surface area contributed by atoms with E-state index in [0.717, 1.165) is 45.6 Å². The molecule has 0 fully saturated rings. The Morgan fingerprint density at radius 1 is 1.27 bits per heavy atom. The topological polar surface area (TPSA) is 53.6 Å². The molecule has 90 valence electrons. The molecule has 0 saturated carbocycles. The van der Waals surface area contributed by atoms with Crippen molar-refractivity contribution in [1.82, 2.24) is 10.2 Å². The number of rotatable bonds is 8. The highest BCUT2D eigenvalue weighted by Crippen LogP contribution is 1.86. The molecule has 0 saturated heterocycles. The first-order chi connectivity index (χ1) is 7.24. The summed E-state index contributed by atoms with van der Waals surface area (Å²) in [5.74, 6) is 0.579. The second kappa shape index (κ2) is 9.77. The van der Waals surface area contributed by atoms with Gasteiger partial charge in [0.05, 0.1) is 0 Å². The predicted molar refractivity (Wildman–Crippen MR) is 67.2 cm³/mol. The van der Waals surface area contributed by atoms with Crippen LogP contribution >= 0.6 is 0 Å². The van der Waals surface area contributed by atoms with Crippen molar-refractivity contribution in [3.63, 3.8) is 0 Å². The van der Waals surface area contributed by atoms with Gasteiger partial charge < -0.3 is 16.0 Å². The molecule has 0 spiro atoms. The zero-order valence-electron chi connectivity index (χ0n) is 10.4. The number of unbranched alkanes of at least 4 members (excludes halogenated alkanes) is 1. The van der Waals surface area contributed by atoms with Crippen LogP contribution in [0.15, 0.2) is 4.99 Å². The molecule has 0 rings (SSSR count). The summed E-state index contributed by atoms with van der Waals surface area (Å²) in [5.41, 5.74) is 5.70. The zero-order valence-corrected chi connectivity index (χ0v) is 10.4. The zero-order chi connectivity index (χ0) is 11.5. The Labute approximate surface area is 93.9 Å². The summed E-state index contributed by atoms with van der Waals surface area (Å²) in [6.07, 6.45) is 2.27. The molecule has 0 atom stereocenters. The fourth-order valence-electron chi connectivity index (χ4n) is 1.30. The maximum atomic E-state index is 5.70. The van der Waals surface area contributed by atoms with Crippen molar-refractivity contribution in [1.29, 1.82) is 0 Å². The molecule has 0 aromatic carbocycles. The minimum absolute atomic E-state index is 0.579.